The molecule has 15 nitrogen and oxygen atoms in total. The Morgan fingerprint density at radius 3 is 2.24 bits per heavy atom. The first kappa shape index (κ1) is 33.3. The molecule has 2 aliphatic rings. The number of nitrogens with zero attached hydrogens (tertiary/aromatic N) is 1. The molecule has 1 fully saturated rings. The van der Waals surface area contributed by atoms with Gasteiger partial charge >= 0.3 is 30.0 Å². The molecular formula is C29H30ClNO14. The van der Waals surface area contributed by atoms with Gasteiger partial charge in [-0.15, -0.1) is 0 Å². The fourth-order valence-electron chi connectivity index (χ4n) is 5.15. The molecule has 0 bridgehead atoms. The van der Waals surface area contributed by atoms with Gasteiger partial charge in [0.25, 0.3) is 5.79 Å². The number of carbonyl (C=O) groups is 5. The number of amides is 1. The van der Waals surface area contributed by atoms with Crippen LogP contribution in [-0.4, -0.2) is 93.0 Å². The second-order valence-electron chi connectivity index (χ2n) is 10.4. The van der Waals surface area contributed by atoms with Crippen LogP contribution in [0.2, 0.25) is 5.02 Å². The van der Waals surface area contributed by atoms with E-state index in [9.17, 15) is 39.3 Å². The van der Waals surface area contributed by atoms with Gasteiger partial charge in [0.05, 0.1) is 25.5 Å². The topological polar surface area (TPSA) is 216 Å². The number of carboxylic acid groups (broad SMARTS) is 4. The van der Waals surface area contributed by atoms with Crippen LogP contribution in [0.1, 0.15) is 49.5 Å². The normalized spacial score (nSPS) is 20.7. The number of ether oxygens (including phenoxy) is 5. The molecule has 0 saturated carbocycles. The number of hydrogen-bond donors (Lipinski definition) is 4. The summed E-state index contributed by atoms with van der Waals surface area (Å²) in [5, 5.41) is 37.7. The van der Waals surface area contributed by atoms with Crippen molar-refractivity contribution in [2.75, 3.05) is 19.8 Å². The van der Waals surface area contributed by atoms with Gasteiger partial charge in [0.2, 0.25) is 0 Å². The third kappa shape index (κ3) is 8.32. The number of aliphatic carboxylic acids is 4. The molecular weight excluding hydrogens is 622 g/mol. The first-order valence-corrected chi connectivity index (χ1v) is 14.0. The Labute approximate surface area is 260 Å². The molecule has 16 heteroatoms. The van der Waals surface area contributed by atoms with Crippen molar-refractivity contribution in [3.63, 3.8) is 0 Å². The van der Waals surface area contributed by atoms with Gasteiger partial charge in [-0.05, 0) is 42.3 Å². The monoisotopic (exact) mass is 651 g/mol. The minimum atomic E-state index is -1.98. The summed E-state index contributed by atoms with van der Waals surface area (Å²) in [6, 6.07) is 10.2. The van der Waals surface area contributed by atoms with Crippen LogP contribution in [0.3, 0.4) is 0 Å². The summed E-state index contributed by atoms with van der Waals surface area (Å²) in [6.45, 7) is 0.0708. The van der Waals surface area contributed by atoms with Crippen molar-refractivity contribution in [1.82, 2.24) is 4.90 Å². The van der Waals surface area contributed by atoms with E-state index in [1.807, 2.05) is 0 Å². The lowest BCUT2D eigenvalue weighted by Crippen LogP contribution is -2.56. The van der Waals surface area contributed by atoms with E-state index in [1.165, 1.54) is 23.1 Å². The van der Waals surface area contributed by atoms with Crippen molar-refractivity contribution in [1.29, 1.82) is 0 Å². The lowest BCUT2D eigenvalue weighted by Gasteiger charge is -2.37. The first-order chi connectivity index (χ1) is 21.3. The third-order valence-corrected chi connectivity index (χ3v) is 7.34. The Kier molecular flexibility index (Phi) is 10.4. The molecule has 5 atom stereocenters. The van der Waals surface area contributed by atoms with Crippen molar-refractivity contribution >= 4 is 41.6 Å². The van der Waals surface area contributed by atoms with Crippen LogP contribution >= 0.6 is 11.6 Å². The van der Waals surface area contributed by atoms with E-state index >= 15 is 0 Å². The maximum absolute atomic E-state index is 12.9. The standard InChI is InChI=1S/C29H30ClNO14/c1-15(31-12-22(43-28(31)40)16-3-2-4-18(30)7-16)11-29(23(10-25(34)35)42-14-27(38)39)44-19-6-5-17(8-21(19)45-29)20(9-24(32)33)41-13-26(36)37/h2-8,15,20,22-23H,9-14H2,1H3,(H,32,33)(H,34,35)(H,36,37)(H,38,39)/t15?,20?,22?,23-,29-/m1/s1. The molecule has 0 aromatic heterocycles. The number of rotatable bonds is 16. The number of carboxylic acids is 4. The summed E-state index contributed by atoms with van der Waals surface area (Å²) < 4.78 is 28.6. The summed E-state index contributed by atoms with van der Waals surface area (Å²) in [5.41, 5.74) is 0.877. The number of cyclic esters (lactones) is 1. The summed E-state index contributed by atoms with van der Waals surface area (Å²) in [6.07, 6.45) is -5.58. The fourth-order valence-corrected chi connectivity index (χ4v) is 5.34. The second-order valence-corrected chi connectivity index (χ2v) is 10.9. The molecule has 2 aliphatic heterocycles. The van der Waals surface area contributed by atoms with Crippen molar-refractivity contribution in [3.8, 4) is 11.5 Å². The van der Waals surface area contributed by atoms with Gasteiger partial charge in [-0.25, -0.2) is 14.4 Å². The van der Waals surface area contributed by atoms with E-state index in [-0.39, 0.29) is 30.0 Å². The Hall–Kier alpha value is -4.60. The molecule has 3 unspecified atom stereocenters. The quantitative estimate of drug-likeness (QED) is 0.205. The first-order valence-electron chi connectivity index (χ1n) is 13.6. The van der Waals surface area contributed by atoms with Crippen LogP contribution in [0.5, 0.6) is 11.5 Å². The van der Waals surface area contributed by atoms with E-state index in [1.54, 1.807) is 31.2 Å². The number of fused-ring (bicyclic) bond motifs is 1. The molecule has 1 amide bonds. The second kappa shape index (κ2) is 14.0. The third-order valence-electron chi connectivity index (χ3n) is 7.10. The van der Waals surface area contributed by atoms with Crippen LogP contribution in [0.4, 0.5) is 4.79 Å². The van der Waals surface area contributed by atoms with E-state index < -0.39 is 86.2 Å². The largest absolute Gasteiger partial charge is 0.481 e. The highest BCUT2D eigenvalue weighted by molar-refractivity contribution is 6.30. The van der Waals surface area contributed by atoms with Gasteiger partial charge in [-0.3, -0.25) is 9.59 Å². The lowest BCUT2D eigenvalue weighted by atomic mass is 9.97. The summed E-state index contributed by atoms with van der Waals surface area (Å²) in [7, 11) is 0. The Balaban J connectivity index is 1.65. The summed E-state index contributed by atoms with van der Waals surface area (Å²) in [5.74, 6) is -7.21. The van der Waals surface area contributed by atoms with Gasteiger partial charge in [0, 0.05) is 17.5 Å². The zero-order valence-corrected chi connectivity index (χ0v) is 24.5. The molecule has 0 radical (unpaired) electrons. The maximum Gasteiger partial charge on any atom is 0.410 e. The molecule has 2 aromatic rings. The predicted molar refractivity (Wildman–Crippen MR) is 150 cm³/mol. The minimum Gasteiger partial charge on any atom is -0.481 e. The van der Waals surface area contributed by atoms with E-state index in [0.717, 1.165) is 0 Å². The van der Waals surface area contributed by atoms with Gasteiger partial charge in [-0.1, -0.05) is 29.8 Å². The Morgan fingerprint density at radius 1 is 0.933 bits per heavy atom. The molecule has 242 valence electrons. The highest BCUT2D eigenvalue weighted by atomic mass is 35.5. The van der Waals surface area contributed by atoms with Crippen LogP contribution in [0, 0.1) is 0 Å². The van der Waals surface area contributed by atoms with Gasteiger partial charge in [0.1, 0.15) is 25.4 Å². The number of benzene rings is 2. The van der Waals surface area contributed by atoms with Crippen molar-refractivity contribution in [2.45, 2.75) is 56.3 Å². The fraction of sp³-hybridized carbons (Fsp3) is 0.414. The summed E-state index contributed by atoms with van der Waals surface area (Å²) in [4.78, 5) is 60.1. The van der Waals surface area contributed by atoms with E-state index in [2.05, 4.69) is 0 Å². The van der Waals surface area contributed by atoms with Gasteiger partial charge < -0.3 is 49.0 Å². The minimum absolute atomic E-state index is 0.00382. The van der Waals surface area contributed by atoms with E-state index in [4.69, 9.17) is 40.4 Å². The molecule has 0 spiro atoms. The number of carbonyl (C=O) groups excluding carboxylic acids is 1. The SMILES string of the molecule is CC(C[C@@]1([C@@H](CC(=O)O)OCC(=O)O)Oc2ccc(C(CC(=O)O)OCC(=O)O)cc2O1)N1CC(c2cccc(Cl)c2)OC1=O. The predicted octanol–water partition coefficient (Wildman–Crippen LogP) is 3.34. The molecule has 4 N–H and O–H groups in total. The van der Waals surface area contributed by atoms with Crippen LogP contribution < -0.4 is 9.47 Å². The van der Waals surface area contributed by atoms with Crippen LogP contribution in [-0.2, 0) is 33.4 Å². The van der Waals surface area contributed by atoms with Crippen molar-refractivity contribution in [3.05, 3.63) is 58.6 Å². The smallest absolute Gasteiger partial charge is 0.410 e. The lowest BCUT2D eigenvalue weighted by molar-refractivity contribution is -0.201. The maximum atomic E-state index is 12.9. The van der Waals surface area contributed by atoms with Crippen LogP contribution in [0.15, 0.2) is 42.5 Å². The molecule has 0 aliphatic carbocycles. The average molecular weight is 652 g/mol. The van der Waals surface area contributed by atoms with Crippen LogP contribution in [0.25, 0.3) is 0 Å². The van der Waals surface area contributed by atoms with E-state index in [0.29, 0.717) is 10.6 Å². The number of halogens is 1. The average Bonchev–Trinajstić information content (AvgIpc) is 3.53. The highest BCUT2D eigenvalue weighted by Crippen LogP contribution is 2.46. The molecule has 2 aromatic carbocycles. The van der Waals surface area contributed by atoms with Crippen molar-refractivity contribution < 1.29 is 68.1 Å². The molecule has 45 heavy (non-hydrogen) atoms. The summed E-state index contributed by atoms with van der Waals surface area (Å²) >= 11 is 6.10. The highest BCUT2D eigenvalue weighted by Gasteiger charge is 2.53. The Morgan fingerprint density at radius 2 is 1.60 bits per heavy atom. The Bertz CT molecular complexity index is 1470. The molecule has 4 rings (SSSR count). The zero-order chi connectivity index (χ0) is 32.9. The van der Waals surface area contributed by atoms with Gasteiger partial charge in [-0.2, -0.15) is 0 Å². The molecule has 1 saturated heterocycles. The van der Waals surface area contributed by atoms with Crippen molar-refractivity contribution in [2.24, 2.45) is 0 Å². The number of hydrogen-bond acceptors (Lipinski definition) is 10. The zero-order valence-electron chi connectivity index (χ0n) is 23.8. The van der Waals surface area contributed by atoms with Gasteiger partial charge in [0.15, 0.2) is 11.5 Å². The molecule has 2 heterocycles.